The highest BCUT2D eigenvalue weighted by atomic mass is 19.4. The molecule has 1 aromatic heterocycles. The van der Waals surface area contributed by atoms with Crippen molar-refractivity contribution < 1.29 is 27.4 Å². The molecular weight excluding hydrogens is 461 g/mol. The van der Waals surface area contributed by atoms with Gasteiger partial charge < -0.3 is 24.6 Å². The second-order valence-corrected chi connectivity index (χ2v) is 9.29. The van der Waals surface area contributed by atoms with Gasteiger partial charge in [-0.05, 0) is 43.5 Å². The minimum absolute atomic E-state index is 0.196. The SMILES string of the molecule is CO[C@@H]1CC[C@@H](C(=O)N2Cc3cccnc3Nc3ccc(N4CCOCC4)cc32)C[C@@H]1C(F)(F)F. The average molecular weight is 491 g/mol. The quantitative estimate of drug-likeness (QED) is 0.684. The summed E-state index contributed by atoms with van der Waals surface area (Å²) in [4.78, 5) is 22.1. The summed E-state index contributed by atoms with van der Waals surface area (Å²) in [5.74, 6) is -2.06. The van der Waals surface area contributed by atoms with Crippen LogP contribution in [0.3, 0.4) is 0 Å². The summed E-state index contributed by atoms with van der Waals surface area (Å²) in [6.07, 6.45) is -3.39. The maximum absolute atomic E-state index is 13.9. The Hall–Kier alpha value is -2.85. The third-order valence-corrected chi connectivity index (χ3v) is 7.25. The molecule has 0 spiro atoms. The minimum atomic E-state index is -4.42. The van der Waals surface area contributed by atoms with Crippen molar-refractivity contribution in [3.63, 3.8) is 0 Å². The number of benzene rings is 1. The summed E-state index contributed by atoms with van der Waals surface area (Å²) in [6, 6.07) is 9.51. The average Bonchev–Trinajstić information content (AvgIpc) is 3.04. The standard InChI is InChI=1S/C25H29F3N4O3/c1-34-22-7-4-16(13-19(22)25(26,27)28)24(33)32-15-17-3-2-8-29-23(17)30-20-6-5-18(14-21(20)32)31-9-11-35-12-10-31/h2-3,5-6,8,14,16,19,22H,4,7,9-13,15H2,1H3,(H,29,30)/t16-,19+,22-/m1/s1. The Morgan fingerprint density at radius 1 is 1.20 bits per heavy atom. The molecule has 1 aromatic carbocycles. The molecule has 2 fully saturated rings. The van der Waals surface area contributed by atoms with Crippen molar-refractivity contribution in [1.29, 1.82) is 0 Å². The number of ether oxygens (including phenoxy) is 2. The molecule has 1 amide bonds. The van der Waals surface area contributed by atoms with Crippen LogP contribution in [0.25, 0.3) is 0 Å². The van der Waals surface area contributed by atoms with Gasteiger partial charge in [0.25, 0.3) is 0 Å². The van der Waals surface area contributed by atoms with E-state index in [2.05, 4.69) is 15.2 Å². The molecule has 3 heterocycles. The summed E-state index contributed by atoms with van der Waals surface area (Å²) >= 11 is 0. The normalized spacial score (nSPS) is 24.7. The first kappa shape index (κ1) is 23.9. The highest BCUT2D eigenvalue weighted by molar-refractivity contribution is 6.00. The zero-order valence-corrected chi connectivity index (χ0v) is 19.6. The van der Waals surface area contributed by atoms with E-state index in [4.69, 9.17) is 9.47 Å². The Morgan fingerprint density at radius 3 is 2.74 bits per heavy atom. The van der Waals surface area contributed by atoms with E-state index in [0.29, 0.717) is 36.8 Å². The van der Waals surface area contributed by atoms with Gasteiger partial charge in [-0.1, -0.05) is 6.07 Å². The number of nitrogens with zero attached hydrogens (tertiary/aromatic N) is 3. The van der Waals surface area contributed by atoms with Gasteiger partial charge in [0.05, 0.1) is 43.2 Å². The van der Waals surface area contributed by atoms with Gasteiger partial charge in [0.15, 0.2) is 0 Å². The molecule has 35 heavy (non-hydrogen) atoms. The number of amides is 1. The number of morpholine rings is 1. The van der Waals surface area contributed by atoms with E-state index < -0.39 is 24.1 Å². The molecule has 10 heteroatoms. The molecule has 5 rings (SSSR count). The van der Waals surface area contributed by atoms with Gasteiger partial charge >= 0.3 is 6.18 Å². The summed E-state index contributed by atoms with van der Waals surface area (Å²) in [5.41, 5.74) is 3.10. The van der Waals surface area contributed by atoms with Gasteiger partial charge in [0.2, 0.25) is 5.91 Å². The summed E-state index contributed by atoms with van der Waals surface area (Å²) < 4.78 is 51.9. The van der Waals surface area contributed by atoms with Gasteiger partial charge in [-0.3, -0.25) is 4.79 Å². The van der Waals surface area contributed by atoms with Crippen molar-refractivity contribution >= 4 is 28.8 Å². The van der Waals surface area contributed by atoms with Crippen LogP contribution >= 0.6 is 0 Å². The number of carbonyl (C=O) groups is 1. The van der Waals surface area contributed by atoms with Gasteiger partial charge in [-0.2, -0.15) is 13.2 Å². The van der Waals surface area contributed by atoms with Gasteiger partial charge in [0.1, 0.15) is 5.82 Å². The lowest BCUT2D eigenvalue weighted by atomic mass is 9.78. The molecule has 2 aromatic rings. The third-order valence-electron chi connectivity index (χ3n) is 7.25. The summed E-state index contributed by atoms with van der Waals surface area (Å²) in [6.45, 7) is 2.94. The number of alkyl halides is 3. The smallest absolute Gasteiger partial charge is 0.381 e. The van der Waals surface area contributed by atoms with Crippen LogP contribution in [0.4, 0.5) is 36.1 Å². The molecular formula is C25H29F3N4O3. The fraction of sp³-hybridized carbons (Fsp3) is 0.520. The van der Waals surface area contributed by atoms with E-state index in [0.717, 1.165) is 24.3 Å². The van der Waals surface area contributed by atoms with E-state index in [1.54, 1.807) is 17.2 Å². The number of carbonyl (C=O) groups excluding carboxylic acids is 1. The number of aromatic nitrogens is 1. The lowest BCUT2D eigenvalue weighted by Gasteiger charge is -2.38. The van der Waals surface area contributed by atoms with Crippen molar-refractivity contribution in [2.24, 2.45) is 11.8 Å². The molecule has 0 bridgehead atoms. The molecule has 1 N–H and O–H groups in total. The highest BCUT2D eigenvalue weighted by Crippen LogP contribution is 2.44. The number of hydrogen-bond acceptors (Lipinski definition) is 6. The van der Waals surface area contributed by atoms with E-state index >= 15 is 0 Å². The molecule has 7 nitrogen and oxygen atoms in total. The van der Waals surface area contributed by atoms with Crippen molar-refractivity contribution in [2.75, 3.05) is 48.5 Å². The third kappa shape index (κ3) is 4.81. The van der Waals surface area contributed by atoms with Crippen molar-refractivity contribution in [2.45, 2.75) is 38.1 Å². The molecule has 1 aliphatic carbocycles. The van der Waals surface area contributed by atoms with Crippen molar-refractivity contribution in [3.8, 4) is 0 Å². The van der Waals surface area contributed by atoms with E-state index in [-0.39, 0.29) is 25.3 Å². The van der Waals surface area contributed by atoms with Crippen molar-refractivity contribution in [1.82, 2.24) is 4.98 Å². The Bertz CT molecular complexity index is 1070. The lowest BCUT2D eigenvalue weighted by Crippen LogP contribution is -2.45. The fourth-order valence-electron chi connectivity index (χ4n) is 5.34. The molecule has 0 radical (unpaired) electrons. The molecule has 2 aliphatic heterocycles. The number of fused-ring (bicyclic) bond motifs is 2. The first-order valence-electron chi connectivity index (χ1n) is 11.9. The van der Waals surface area contributed by atoms with Crippen LogP contribution in [-0.2, 0) is 20.8 Å². The van der Waals surface area contributed by atoms with Crippen LogP contribution in [0.1, 0.15) is 24.8 Å². The van der Waals surface area contributed by atoms with Crippen LogP contribution in [0.2, 0.25) is 0 Å². The Kier molecular flexibility index (Phi) is 6.59. The molecule has 1 saturated heterocycles. The summed E-state index contributed by atoms with van der Waals surface area (Å²) in [5, 5.41) is 3.32. The fourth-order valence-corrected chi connectivity index (χ4v) is 5.34. The Balaban J connectivity index is 1.50. The number of hydrogen-bond donors (Lipinski definition) is 1. The number of methoxy groups -OCH3 is 1. The minimum Gasteiger partial charge on any atom is -0.381 e. The van der Waals surface area contributed by atoms with E-state index in [1.807, 2.05) is 24.3 Å². The second kappa shape index (κ2) is 9.66. The number of rotatable bonds is 3. The zero-order valence-electron chi connectivity index (χ0n) is 19.6. The van der Waals surface area contributed by atoms with Crippen LogP contribution in [-0.4, -0.2) is 56.6 Å². The number of nitrogens with one attached hydrogen (secondary N) is 1. The Morgan fingerprint density at radius 2 is 2.00 bits per heavy atom. The van der Waals surface area contributed by atoms with E-state index in [9.17, 15) is 18.0 Å². The molecule has 0 unspecified atom stereocenters. The van der Waals surface area contributed by atoms with Crippen LogP contribution < -0.4 is 15.1 Å². The number of pyridine rings is 1. The first-order valence-corrected chi connectivity index (χ1v) is 11.9. The molecule has 188 valence electrons. The molecule has 3 atom stereocenters. The monoisotopic (exact) mass is 490 g/mol. The predicted molar refractivity (Wildman–Crippen MR) is 126 cm³/mol. The number of anilines is 4. The van der Waals surface area contributed by atoms with E-state index in [1.165, 1.54) is 7.11 Å². The first-order chi connectivity index (χ1) is 16.8. The van der Waals surface area contributed by atoms with Gasteiger partial charge in [-0.15, -0.1) is 0 Å². The second-order valence-electron chi connectivity index (χ2n) is 9.29. The maximum Gasteiger partial charge on any atom is 0.394 e. The maximum atomic E-state index is 13.9. The zero-order chi connectivity index (χ0) is 24.6. The van der Waals surface area contributed by atoms with Crippen LogP contribution in [0.5, 0.6) is 0 Å². The van der Waals surface area contributed by atoms with Gasteiger partial charge in [0, 0.05) is 43.6 Å². The van der Waals surface area contributed by atoms with Crippen molar-refractivity contribution in [3.05, 3.63) is 42.1 Å². The highest BCUT2D eigenvalue weighted by Gasteiger charge is 2.50. The molecule has 1 saturated carbocycles. The van der Waals surface area contributed by atoms with Crippen LogP contribution in [0.15, 0.2) is 36.5 Å². The Labute approximate surface area is 202 Å². The van der Waals surface area contributed by atoms with Gasteiger partial charge in [-0.25, -0.2) is 4.98 Å². The predicted octanol–water partition coefficient (Wildman–Crippen LogP) is 4.50. The lowest BCUT2D eigenvalue weighted by molar-refractivity contribution is -0.216. The number of halogens is 3. The summed E-state index contributed by atoms with van der Waals surface area (Å²) in [7, 11) is 1.30. The molecule has 3 aliphatic rings. The topological polar surface area (TPSA) is 66.9 Å². The van der Waals surface area contributed by atoms with Crippen LogP contribution in [0, 0.1) is 11.8 Å². The largest absolute Gasteiger partial charge is 0.394 e.